The Labute approximate surface area is 124 Å². The van der Waals surface area contributed by atoms with E-state index in [1.54, 1.807) is 0 Å². The summed E-state index contributed by atoms with van der Waals surface area (Å²) < 4.78 is 12.3. The predicted octanol–water partition coefficient (Wildman–Crippen LogP) is 3.32. The van der Waals surface area contributed by atoms with E-state index in [-0.39, 0.29) is 18.8 Å². The molecule has 0 bridgehead atoms. The average Bonchev–Trinajstić information content (AvgIpc) is 2.79. The van der Waals surface area contributed by atoms with Crippen LogP contribution in [0.4, 0.5) is 0 Å². The van der Waals surface area contributed by atoms with Gasteiger partial charge in [-0.1, -0.05) is 36.2 Å². The van der Waals surface area contributed by atoms with Gasteiger partial charge in [-0.05, 0) is 24.5 Å². The van der Waals surface area contributed by atoms with Gasteiger partial charge in [-0.25, -0.2) is 0 Å². The van der Waals surface area contributed by atoms with Crippen molar-refractivity contribution in [3.8, 4) is 0 Å². The van der Waals surface area contributed by atoms with Gasteiger partial charge in [0.2, 0.25) is 0 Å². The third kappa shape index (κ3) is 2.86. The van der Waals surface area contributed by atoms with Crippen molar-refractivity contribution in [3.05, 3.63) is 34.9 Å². The zero-order chi connectivity index (χ0) is 14.0. The van der Waals surface area contributed by atoms with E-state index >= 15 is 0 Å². The third-order valence-electron chi connectivity index (χ3n) is 4.32. The Kier molecular flexibility index (Phi) is 4.32. The molecule has 110 valence electrons. The van der Waals surface area contributed by atoms with E-state index in [0.29, 0.717) is 6.42 Å². The summed E-state index contributed by atoms with van der Waals surface area (Å²) in [5.74, 6) is -0.461. The lowest BCUT2D eigenvalue weighted by Crippen LogP contribution is -2.33. The lowest BCUT2D eigenvalue weighted by molar-refractivity contribution is -0.195. The maximum Gasteiger partial charge on any atom is 0.169 e. The number of aliphatic hydroxyl groups excluding tert-OH is 1. The molecule has 2 fully saturated rings. The molecule has 3 rings (SSSR count). The standard InChI is InChI=1S/C16H21ClO3/c17-13-7-3-2-6-12(13)10-14-15(11-18)20-16(19-14)8-4-1-5-9-16/h2-3,6-7,14-15,18H,1,4-5,8-11H2/t14?,15-/m0/s1. The Morgan fingerprint density at radius 1 is 1.10 bits per heavy atom. The molecule has 20 heavy (non-hydrogen) atoms. The molecule has 0 radical (unpaired) electrons. The minimum atomic E-state index is -0.461. The summed E-state index contributed by atoms with van der Waals surface area (Å²) in [5, 5.41) is 10.3. The van der Waals surface area contributed by atoms with Crippen molar-refractivity contribution >= 4 is 11.6 Å². The second-order valence-corrected chi connectivity index (χ2v) is 6.17. The summed E-state index contributed by atoms with van der Waals surface area (Å²) in [5.41, 5.74) is 1.05. The van der Waals surface area contributed by atoms with Crippen molar-refractivity contribution in [2.24, 2.45) is 0 Å². The first kappa shape index (κ1) is 14.3. The summed E-state index contributed by atoms with van der Waals surface area (Å²) in [7, 11) is 0. The summed E-state index contributed by atoms with van der Waals surface area (Å²) in [6.07, 6.45) is 5.71. The highest BCUT2D eigenvalue weighted by Crippen LogP contribution is 2.41. The van der Waals surface area contributed by atoms with Gasteiger partial charge in [-0.3, -0.25) is 0 Å². The van der Waals surface area contributed by atoms with Gasteiger partial charge in [0.15, 0.2) is 5.79 Å². The van der Waals surface area contributed by atoms with Gasteiger partial charge in [0, 0.05) is 24.3 Å². The van der Waals surface area contributed by atoms with Crippen LogP contribution in [0.1, 0.15) is 37.7 Å². The molecular formula is C16H21ClO3. The number of rotatable bonds is 3. The minimum Gasteiger partial charge on any atom is -0.394 e. The van der Waals surface area contributed by atoms with E-state index in [1.165, 1.54) is 6.42 Å². The minimum absolute atomic E-state index is 0.00311. The number of benzene rings is 1. The monoisotopic (exact) mass is 296 g/mol. The molecule has 4 heteroatoms. The molecule has 2 atom stereocenters. The molecule has 1 saturated carbocycles. The Morgan fingerprint density at radius 3 is 2.50 bits per heavy atom. The molecule has 1 heterocycles. The molecule has 1 aromatic carbocycles. The Balaban J connectivity index is 1.73. The van der Waals surface area contributed by atoms with Crippen LogP contribution in [0.15, 0.2) is 24.3 Å². The van der Waals surface area contributed by atoms with E-state index < -0.39 is 5.79 Å². The normalized spacial score (nSPS) is 28.9. The largest absolute Gasteiger partial charge is 0.394 e. The molecule has 1 saturated heterocycles. The fourth-order valence-electron chi connectivity index (χ4n) is 3.27. The molecule has 1 aliphatic heterocycles. The first-order chi connectivity index (χ1) is 9.72. The van der Waals surface area contributed by atoms with Crippen LogP contribution >= 0.6 is 11.6 Å². The molecule has 2 aliphatic rings. The topological polar surface area (TPSA) is 38.7 Å². The van der Waals surface area contributed by atoms with Gasteiger partial charge in [0.25, 0.3) is 0 Å². The van der Waals surface area contributed by atoms with Crippen molar-refractivity contribution in [2.75, 3.05) is 6.61 Å². The molecule has 0 amide bonds. The van der Waals surface area contributed by atoms with E-state index in [0.717, 1.165) is 36.3 Å². The average molecular weight is 297 g/mol. The first-order valence-electron chi connectivity index (χ1n) is 7.42. The van der Waals surface area contributed by atoms with Crippen LogP contribution in [0, 0.1) is 0 Å². The smallest absolute Gasteiger partial charge is 0.169 e. The quantitative estimate of drug-likeness (QED) is 0.930. The van der Waals surface area contributed by atoms with Crippen LogP contribution in [0.3, 0.4) is 0 Å². The Hall–Kier alpha value is -0.610. The molecule has 3 nitrogen and oxygen atoms in total. The Bertz CT molecular complexity index is 457. The lowest BCUT2D eigenvalue weighted by Gasteiger charge is -2.32. The maximum absolute atomic E-state index is 9.56. The molecular weight excluding hydrogens is 276 g/mol. The van der Waals surface area contributed by atoms with Crippen molar-refractivity contribution < 1.29 is 14.6 Å². The van der Waals surface area contributed by atoms with Gasteiger partial charge in [0.1, 0.15) is 6.10 Å². The van der Waals surface area contributed by atoms with Crippen LogP contribution in [-0.2, 0) is 15.9 Å². The highest BCUT2D eigenvalue weighted by molar-refractivity contribution is 6.31. The van der Waals surface area contributed by atoms with Crippen LogP contribution in [0.5, 0.6) is 0 Å². The highest BCUT2D eigenvalue weighted by Gasteiger charge is 2.47. The van der Waals surface area contributed by atoms with Gasteiger partial charge in [0.05, 0.1) is 12.7 Å². The second kappa shape index (κ2) is 6.02. The Morgan fingerprint density at radius 2 is 1.80 bits per heavy atom. The van der Waals surface area contributed by atoms with Gasteiger partial charge in [-0.2, -0.15) is 0 Å². The first-order valence-corrected chi connectivity index (χ1v) is 7.80. The fourth-order valence-corrected chi connectivity index (χ4v) is 3.48. The second-order valence-electron chi connectivity index (χ2n) is 5.76. The number of ether oxygens (including phenoxy) is 2. The molecule has 1 aliphatic carbocycles. The van der Waals surface area contributed by atoms with Crippen molar-refractivity contribution in [1.82, 2.24) is 0 Å². The van der Waals surface area contributed by atoms with Crippen LogP contribution in [0.25, 0.3) is 0 Å². The maximum atomic E-state index is 9.56. The summed E-state index contributed by atoms with van der Waals surface area (Å²) in [6, 6.07) is 7.79. The van der Waals surface area contributed by atoms with Crippen molar-refractivity contribution in [3.63, 3.8) is 0 Å². The number of hydrogen-bond acceptors (Lipinski definition) is 3. The SMILES string of the molecule is OC[C@@H]1OC2(CCCCC2)OC1Cc1ccccc1Cl. The highest BCUT2D eigenvalue weighted by atomic mass is 35.5. The lowest BCUT2D eigenvalue weighted by atomic mass is 9.94. The van der Waals surface area contributed by atoms with Crippen LogP contribution in [-0.4, -0.2) is 29.7 Å². The number of hydrogen-bond donors (Lipinski definition) is 1. The summed E-state index contributed by atoms with van der Waals surface area (Å²) in [6.45, 7) is -0.00311. The molecule has 1 aromatic rings. The number of halogens is 1. The zero-order valence-electron chi connectivity index (χ0n) is 11.6. The predicted molar refractivity (Wildman–Crippen MR) is 77.8 cm³/mol. The van der Waals surface area contributed by atoms with E-state index in [9.17, 15) is 5.11 Å². The van der Waals surface area contributed by atoms with Crippen LogP contribution < -0.4 is 0 Å². The molecule has 1 spiro atoms. The summed E-state index contributed by atoms with van der Waals surface area (Å²) in [4.78, 5) is 0. The van der Waals surface area contributed by atoms with Gasteiger partial charge >= 0.3 is 0 Å². The van der Waals surface area contributed by atoms with Crippen molar-refractivity contribution in [1.29, 1.82) is 0 Å². The molecule has 0 aromatic heterocycles. The zero-order valence-corrected chi connectivity index (χ0v) is 12.3. The van der Waals surface area contributed by atoms with Crippen LogP contribution in [0.2, 0.25) is 5.02 Å². The van der Waals surface area contributed by atoms with E-state index in [1.807, 2.05) is 24.3 Å². The fraction of sp³-hybridized carbons (Fsp3) is 0.625. The van der Waals surface area contributed by atoms with Gasteiger partial charge in [-0.15, -0.1) is 0 Å². The third-order valence-corrected chi connectivity index (χ3v) is 4.69. The summed E-state index contributed by atoms with van der Waals surface area (Å²) >= 11 is 6.21. The molecule has 1 unspecified atom stereocenters. The number of aliphatic hydroxyl groups is 1. The molecule has 1 N–H and O–H groups in total. The van der Waals surface area contributed by atoms with E-state index in [2.05, 4.69) is 0 Å². The van der Waals surface area contributed by atoms with Crippen molar-refractivity contribution in [2.45, 2.75) is 56.5 Å². The van der Waals surface area contributed by atoms with Gasteiger partial charge < -0.3 is 14.6 Å². The van der Waals surface area contributed by atoms with E-state index in [4.69, 9.17) is 21.1 Å².